The number of rotatable bonds is 2. The van der Waals surface area contributed by atoms with Gasteiger partial charge in [-0.2, -0.15) is 0 Å². The van der Waals surface area contributed by atoms with E-state index in [4.69, 9.17) is 16.6 Å². The Kier molecular flexibility index (Phi) is 5.11. The van der Waals surface area contributed by atoms with Crippen LogP contribution < -0.4 is 10.5 Å². The quantitative estimate of drug-likeness (QED) is 0.428. The molecule has 6 nitrogen and oxygen atoms in total. The Morgan fingerprint density at radius 3 is 2.55 bits per heavy atom. The number of carbonyl (C=O) groups excluding carboxylic acids is 1. The highest BCUT2D eigenvalue weighted by molar-refractivity contribution is 7.18. The number of benzene rings is 1. The number of pyridine rings is 1. The van der Waals surface area contributed by atoms with Gasteiger partial charge in [-0.25, -0.2) is 4.98 Å². The molecule has 0 bridgehead atoms. The summed E-state index contributed by atoms with van der Waals surface area (Å²) in [6.45, 7) is 2.71. The van der Waals surface area contributed by atoms with Gasteiger partial charge in [0.2, 0.25) is 0 Å². The molecule has 0 atom stereocenters. The summed E-state index contributed by atoms with van der Waals surface area (Å²) < 4.78 is 1.56. The van der Waals surface area contributed by atoms with E-state index < -0.39 is 0 Å². The third-order valence-corrected chi connectivity index (χ3v) is 8.19. The molecule has 0 radical (unpaired) electrons. The highest BCUT2D eigenvalue weighted by Gasteiger charge is 2.26. The van der Waals surface area contributed by atoms with Crippen molar-refractivity contribution in [1.82, 2.24) is 14.3 Å². The van der Waals surface area contributed by atoms with Crippen molar-refractivity contribution in [2.24, 2.45) is 0 Å². The van der Waals surface area contributed by atoms with Crippen LogP contribution in [0.5, 0.6) is 0 Å². The van der Waals surface area contributed by atoms with Crippen LogP contribution in [0, 0.1) is 0 Å². The predicted octanol–water partition coefficient (Wildman–Crippen LogP) is 4.40. The monoisotopic (exact) mass is 478 g/mol. The topological polar surface area (TPSA) is 57.9 Å². The molecule has 1 aromatic carbocycles. The number of piperazine rings is 1. The maximum Gasteiger partial charge on any atom is 0.266 e. The molecule has 1 aliphatic heterocycles. The average molecular weight is 479 g/mol. The zero-order chi connectivity index (χ0) is 22.5. The number of aromatic nitrogens is 2. The Hall–Kier alpha value is -2.90. The molecule has 168 valence electrons. The van der Waals surface area contributed by atoms with Crippen LogP contribution in [0.4, 0.5) is 5.69 Å². The van der Waals surface area contributed by atoms with Gasteiger partial charge in [-0.15, -0.1) is 11.3 Å². The summed E-state index contributed by atoms with van der Waals surface area (Å²) in [7, 11) is 0. The van der Waals surface area contributed by atoms with Gasteiger partial charge in [0.25, 0.3) is 11.5 Å². The lowest BCUT2D eigenvalue weighted by Gasteiger charge is -2.36. The molecular weight excluding hydrogens is 456 g/mol. The number of fused-ring (bicyclic) bond motifs is 4. The zero-order valence-corrected chi connectivity index (χ0v) is 19.7. The Morgan fingerprint density at radius 2 is 1.76 bits per heavy atom. The van der Waals surface area contributed by atoms with Crippen molar-refractivity contribution in [2.75, 3.05) is 31.1 Å². The van der Waals surface area contributed by atoms with E-state index in [2.05, 4.69) is 4.90 Å². The third kappa shape index (κ3) is 3.50. The van der Waals surface area contributed by atoms with Gasteiger partial charge < -0.3 is 9.80 Å². The molecule has 0 unspecified atom stereocenters. The van der Waals surface area contributed by atoms with Gasteiger partial charge in [0.15, 0.2) is 5.65 Å². The maximum absolute atomic E-state index is 13.5. The molecule has 4 aromatic rings. The molecule has 3 aromatic heterocycles. The Labute approximate surface area is 200 Å². The third-order valence-electron chi connectivity index (χ3n) is 6.75. The minimum Gasteiger partial charge on any atom is -0.368 e. The number of anilines is 1. The van der Waals surface area contributed by atoms with Gasteiger partial charge in [0, 0.05) is 48.0 Å². The molecule has 6 rings (SSSR count). The summed E-state index contributed by atoms with van der Waals surface area (Å²) >= 11 is 7.63. The lowest BCUT2D eigenvalue weighted by Crippen LogP contribution is -2.49. The number of amides is 1. The lowest BCUT2D eigenvalue weighted by atomic mass is 9.97. The van der Waals surface area contributed by atoms with Gasteiger partial charge in [-0.3, -0.25) is 14.0 Å². The first kappa shape index (κ1) is 20.7. The number of hydrogen-bond donors (Lipinski definition) is 0. The highest BCUT2D eigenvalue weighted by atomic mass is 35.5. The van der Waals surface area contributed by atoms with E-state index in [0.29, 0.717) is 29.3 Å². The molecule has 4 heterocycles. The number of thiophene rings is 1. The summed E-state index contributed by atoms with van der Waals surface area (Å²) in [5.74, 6) is -0.0728. The van der Waals surface area contributed by atoms with Crippen molar-refractivity contribution in [3.8, 4) is 0 Å². The largest absolute Gasteiger partial charge is 0.368 e. The summed E-state index contributed by atoms with van der Waals surface area (Å²) in [5.41, 5.74) is 3.16. The molecule has 33 heavy (non-hydrogen) atoms. The molecule has 2 aliphatic rings. The summed E-state index contributed by atoms with van der Waals surface area (Å²) in [4.78, 5) is 37.9. The van der Waals surface area contributed by atoms with Crippen molar-refractivity contribution in [2.45, 2.75) is 25.7 Å². The van der Waals surface area contributed by atoms with Crippen LogP contribution in [0.2, 0.25) is 5.02 Å². The molecule has 0 saturated carbocycles. The molecule has 1 fully saturated rings. The predicted molar refractivity (Wildman–Crippen MR) is 133 cm³/mol. The average Bonchev–Trinajstić information content (AvgIpc) is 3.23. The second kappa shape index (κ2) is 8.15. The van der Waals surface area contributed by atoms with Crippen LogP contribution in [0.1, 0.15) is 33.6 Å². The van der Waals surface area contributed by atoms with Crippen molar-refractivity contribution >= 4 is 50.4 Å². The lowest BCUT2D eigenvalue weighted by molar-refractivity contribution is 0.0748. The minimum atomic E-state index is -0.0728. The van der Waals surface area contributed by atoms with Crippen molar-refractivity contribution in [1.29, 1.82) is 0 Å². The molecule has 8 heteroatoms. The summed E-state index contributed by atoms with van der Waals surface area (Å²) in [6, 6.07) is 11.3. The van der Waals surface area contributed by atoms with E-state index >= 15 is 0 Å². The molecule has 0 spiro atoms. The van der Waals surface area contributed by atoms with Crippen LogP contribution in [0.25, 0.3) is 15.9 Å². The van der Waals surface area contributed by atoms with Crippen molar-refractivity contribution in [3.63, 3.8) is 0 Å². The van der Waals surface area contributed by atoms with Gasteiger partial charge in [0.05, 0.1) is 10.9 Å². The van der Waals surface area contributed by atoms with Crippen molar-refractivity contribution < 1.29 is 4.79 Å². The highest BCUT2D eigenvalue weighted by Crippen LogP contribution is 2.34. The van der Waals surface area contributed by atoms with E-state index in [1.807, 2.05) is 29.2 Å². The zero-order valence-electron chi connectivity index (χ0n) is 18.1. The first-order valence-electron chi connectivity index (χ1n) is 11.4. The fraction of sp³-hybridized carbons (Fsp3) is 0.320. The van der Waals surface area contributed by atoms with Crippen LogP contribution in [0.15, 0.2) is 47.4 Å². The standard InChI is InChI=1S/C25H23ClN4O2S/c26-16-7-9-17(10-8-16)28-12-14-29(15-13-28)24(31)19-5-3-11-30-22(19)27-23-21(25(30)32)18-4-1-2-6-20(18)33-23/h3,5,7-11H,1-2,4,6,12-15H2. The second-order valence-electron chi connectivity index (χ2n) is 8.68. The van der Waals surface area contributed by atoms with Gasteiger partial charge in [-0.1, -0.05) is 11.6 Å². The van der Waals surface area contributed by atoms with E-state index in [0.717, 1.165) is 54.7 Å². The SMILES string of the molecule is O=C(c1cccn2c(=O)c3c4c(sc3nc12)CCCC4)N1CCN(c2ccc(Cl)cc2)CC1. The van der Waals surface area contributed by atoms with E-state index in [1.54, 1.807) is 34.1 Å². The van der Waals surface area contributed by atoms with Crippen LogP contribution in [-0.4, -0.2) is 46.4 Å². The first-order valence-corrected chi connectivity index (χ1v) is 12.5. The molecule has 0 N–H and O–H groups in total. The summed E-state index contributed by atoms with van der Waals surface area (Å²) in [6.07, 6.45) is 5.95. The number of carbonyl (C=O) groups is 1. The normalized spacial score (nSPS) is 16.4. The van der Waals surface area contributed by atoms with Gasteiger partial charge >= 0.3 is 0 Å². The van der Waals surface area contributed by atoms with Crippen LogP contribution in [-0.2, 0) is 12.8 Å². The first-order chi connectivity index (χ1) is 16.1. The Bertz CT molecular complexity index is 1440. The van der Waals surface area contributed by atoms with Gasteiger partial charge in [0.1, 0.15) is 4.83 Å². The molecule has 1 amide bonds. The number of aryl methyl sites for hydroxylation is 2. The number of nitrogens with zero attached hydrogens (tertiary/aromatic N) is 4. The van der Waals surface area contributed by atoms with E-state index in [1.165, 1.54) is 10.4 Å². The fourth-order valence-electron chi connectivity index (χ4n) is 5.00. The van der Waals surface area contributed by atoms with E-state index in [-0.39, 0.29) is 11.5 Å². The molecule has 1 aliphatic carbocycles. The van der Waals surface area contributed by atoms with E-state index in [9.17, 15) is 9.59 Å². The van der Waals surface area contributed by atoms with Gasteiger partial charge in [-0.05, 0) is 67.6 Å². The van der Waals surface area contributed by atoms with Crippen LogP contribution in [0.3, 0.4) is 0 Å². The fourth-order valence-corrected chi connectivity index (χ4v) is 6.38. The Morgan fingerprint density at radius 1 is 1.00 bits per heavy atom. The maximum atomic E-state index is 13.5. The second-order valence-corrected chi connectivity index (χ2v) is 10.2. The molecule has 1 saturated heterocycles. The number of hydrogen-bond acceptors (Lipinski definition) is 5. The number of halogens is 1. The van der Waals surface area contributed by atoms with Crippen molar-refractivity contribution in [3.05, 3.63) is 74.0 Å². The smallest absolute Gasteiger partial charge is 0.266 e. The van der Waals surface area contributed by atoms with Crippen LogP contribution >= 0.6 is 22.9 Å². The minimum absolute atomic E-state index is 0.0587. The summed E-state index contributed by atoms with van der Waals surface area (Å²) in [5, 5.41) is 1.46. The molecular formula is C25H23ClN4O2S. The Balaban J connectivity index is 1.32.